The van der Waals surface area contributed by atoms with E-state index in [0.29, 0.717) is 12.1 Å². The van der Waals surface area contributed by atoms with Crippen LogP contribution in [0.5, 0.6) is 0 Å². The molecular formula is C21H22ClFN2O2. The summed E-state index contributed by atoms with van der Waals surface area (Å²) < 4.78 is 13.2. The van der Waals surface area contributed by atoms with Crippen LogP contribution in [0.1, 0.15) is 31.4 Å². The lowest BCUT2D eigenvalue weighted by Crippen LogP contribution is -2.21. The largest absolute Gasteiger partial charge is 0.326 e. The lowest BCUT2D eigenvalue weighted by atomic mass is 10.0. The van der Waals surface area contributed by atoms with Crippen LogP contribution in [-0.4, -0.2) is 11.8 Å². The van der Waals surface area contributed by atoms with Crippen LogP contribution in [0.25, 0.3) is 0 Å². The van der Waals surface area contributed by atoms with Crippen LogP contribution in [-0.2, 0) is 22.4 Å². The lowest BCUT2D eigenvalue weighted by molar-refractivity contribution is -0.122. The zero-order valence-electron chi connectivity index (χ0n) is 15.3. The van der Waals surface area contributed by atoms with Gasteiger partial charge in [-0.2, -0.15) is 0 Å². The summed E-state index contributed by atoms with van der Waals surface area (Å²) in [6, 6.07) is 10.0. The second-order valence-corrected chi connectivity index (χ2v) is 7.12. The van der Waals surface area contributed by atoms with Gasteiger partial charge in [-0.1, -0.05) is 43.6 Å². The number of benzene rings is 2. The van der Waals surface area contributed by atoms with E-state index in [1.807, 2.05) is 32.0 Å². The van der Waals surface area contributed by atoms with Gasteiger partial charge in [0.25, 0.3) is 0 Å². The monoisotopic (exact) mass is 388 g/mol. The topological polar surface area (TPSA) is 58.2 Å². The number of carbonyl (C=O) groups excluding carboxylic acids is 2. The van der Waals surface area contributed by atoms with Gasteiger partial charge < -0.3 is 10.6 Å². The molecule has 0 bridgehead atoms. The van der Waals surface area contributed by atoms with Crippen molar-refractivity contribution in [2.45, 2.75) is 33.1 Å². The Balaban J connectivity index is 1.64. The van der Waals surface area contributed by atoms with Crippen molar-refractivity contribution in [1.29, 1.82) is 0 Å². The number of anilines is 2. The number of halogens is 2. The zero-order chi connectivity index (χ0) is 19.6. The predicted octanol–water partition coefficient (Wildman–Crippen LogP) is 4.82. The highest BCUT2D eigenvalue weighted by Gasteiger charge is 2.48. The van der Waals surface area contributed by atoms with Crippen molar-refractivity contribution in [1.82, 2.24) is 0 Å². The highest BCUT2D eigenvalue weighted by Crippen LogP contribution is 2.41. The molecule has 2 amide bonds. The Morgan fingerprint density at radius 3 is 2.19 bits per heavy atom. The number of amides is 2. The molecule has 0 radical (unpaired) electrons. The number of hydrogen-bond donors (Lipinski definition) is 2. The van der Waals surface area contributed by atoms with Gasteiger partial charge in [-0.05, 0) is 48.6 Å². The molecule has 1 aliphatic carbocycles. The van der Waals surface area contributed by atoms with Crippen molar-refractivity contribution < 1.29 is 14.0 Å². The third-order valence-electron chi connectivity index (χ3n) is 4.90. The molecule has 0 aliphatic heterocycles. The Kier molecular flexibility index (Phi) is 5.80. The Hall–Kier alpha value is -2.40. The van der Waals surface area contributed by atoms with Crippen LogP contribution < -0.4 is 10.6 Å². The van der Waals surface area contributed by atoms with E-state index in [4.69, 9.17) is 11.6 Å². The first-order valence-electron chi connectivity index (χ1n) is 9.12. The van der Waals surface area contributed by atoms with E-state index in [1.165, 1.54) is 18.2 Å². The minimum Gasteiger partial charge on any atom is -0.326 e. The van der Waals surface area contributed by atoms with Gasteiger partial charge in [-0.25, -0.2) is 4.39 Å². The second-order valence-electron chi connectivity index (χ2n) is 6.71. The molecule has 2 N–H and O–H groups in total. The molecule has 4 nitrogen and oxygen atoms in total. The van der Waals surface area contributed by atoms with Crippen molar-refractivity contribution >= 4 is 34.8 Å². The molecule has 0 aromatic heterocycles. The highest BCUT2D eigenvalue weighted by molar-refractivity contribution is 6.31. The molecule has 0 heterocycles. The van der Waals surface area contributed by atoms with Crippen molar-refractivity contribution in [3.63, 3.8) is 0 Å². The van der Waals surface area contributed by atoms with Crippen LogP contribution in [0.15, 0.2) is 36.4 Å². The van der Waals surface area contributed by atoms with Gasteiger partial charge in [0.2, 0.25) is 11.8 Å². The van der Waals surface area contributed by atoms with Gasteiger partial charge in [0.05, 0.1) is 16.9 Å². The molecule has 142 valence electrons. The normalized spacial score (nSPS) is 18.1. The quantitative estimate of drug-likeness (QED) is 0.745. The number of para-hydroxylation sites is 1. The standard InChI is InChI=1S/C21H22ClFN2O2/c1-3-12-6-5-7-13(4-2)19(12)25-21(27)16-11-15(16)20(26)24-14-8-9-18(23)17(22)10-14/h5-10,15-16H,3-4,11H2,1-2H3,(H,24,26)(H,25,27). The number of rotatable bonds is 6. The molecule has 1 aliphatic rings. The summed E-state index contributed by atoms with van der Waals surface area (Å²) in [5.74, 6) is -1.66. The smallest absolute Gasteiger partial charge is 0.228 e. The molecule has 1 fully saturated rings. The van der Waals surface area contributed by atoms with Gasteiger partial charge >= 0.3 is 0 Å². The maximum Gasteiger partial charge on any atom is 0.228 e. The Labute approximate surface area is 163 Å². The molecule has 2 atom stereocenters. The molecule has 2 unspecified atom stereocenters. The summed E-state index contributed by atoms with van der Waals surface area (Å²) >= 11 is 5.73. The van der Waals surface area contributed by atoms with E-state index in [9.17, 15) is 14.0 Å². The number of aryl methyl sites for hydroxylation is 2. The van der Waals surface area contributed by atoms with E-state index >= 15 is 0 Å². The van der Waals surface area contributed by atoms with Gasteiger partial charge in [-0.3, -0.25) is 9.59 Å². The van der Waals surface area contributed by atoms with Crippen LogP contribution in [0.2, 0.25) is 5.02 Å². The van der Waals surface area contributed by atoms with Crippen molar-refractivity contribution in [3.05, 3.63) is 58.4 Å². The first-order chi connectivity index (χ1) is 12.9. The maximum absolute atomic E-state index is 13.2. The Bertz CT molecular complexity index is 862. The van der Waals surface area contributed by atoms with Crippen molar-refractivity contribution in [3.8, 4) is 0 Å². The fourth-order valence-corrected chi connectivity index (χ4v) is 3.38. The van der Waals surface area contributed by atoms with Crippen LogP contribution in [0, 0.1) is 17.7 Å². The lowest BCUT2D eigenvalue weighted by Gasteiger charge is -2.14. The number of hydrogen-bond acceptors (Lipinski definition) is 2. The predicted molar refractivity (Wildman–Crippen MR) is 105 cm³/mol. The summed E-state index contributed by atoms with van der Waals surface area (Å²) in [6.45, 7) is 4.09. The van der Waals surface area contributed by atoms with E-state index in [1.54, 1.807) is 0 Å². The van der Waals surface area contributed by atoms with Crippen LogP contribution in [0.3, 0.4) is 0 Å². The fourth-order valence-electron chi connectivity index (χ4n) is 3.20. The second kappa shape index (κ2) is 8.09. The van der Waals surface area contributed by atoms with E-state index in [-0.39, 0.29) is 28.7 Å². The third kappa shape index (κ3) is 4.30. The Morgan fingerprint density at radius 2 is 1.63 bits per heavy atom. The van der Waals surface area contributed by atoms with E-state index < -0.39 is 5.82 Å². The molecule has 1 saturated carbocycles. The summed E-state index contributed by atoms with van der Waals surface area (Å²) in [6.07, 6.45) is 2.15. The average Bonchev–Trinajstić information content (AvgIpc) is 3.46. The van der Waals surface area contributed by atoms with Gasteiger partial charge in [-0.15, -0.1) is 0 Å². The summed E-state index contributed by atoms with van der Waals surface area (Å²) in [4.78, 5) is 25.0. The molecule has 2 aromatic rings. The van der Waals surface area contributed by atoms with Crippen LogP contribution in [0.4, 0.5) is 15.8 Å². The van der Waals surface area contributed by atoms with E-state index in [0.717, 1.165) is 29.7 Å². The highest BCUT2D eigenvalue weighted by atomic mass is 35.5. The molecule has 0 spiro atoms. The van der Waals surface area contributed by atoms with Crippen LogP contribution >= 0.6 is 11.6 Å². The van der Waals surface area contributed by atoms with E-state index in [2.05, 4.69) is 10.6 Å². The zero-order valence-corrected chi connectivity index (χ0v) is 16.1. The van der Waals surface area contributed by atoms with Crippen molar-refractivity contribution in [2.24, 2.45) is 11.8 Å². The fraction of sp³-hybridized carbons (Fsp3) is 0.333. The molecule has 6 heteroatoms. The number of carbonyl (C=O) groups is 2. The van der Waals surface area contributed by atoms with Gasteiger partial charge in [0.15, 0.2) is 0 Å². The molecule has 27 heavy (non-hydrogen) atoms. The molecule has 3 rings (SSSR count). The minimum atomic E-state index is -0.542. The minimum absolute atomic E-state index is 0.0545. The summed E-state index contributed by atoms with van der Waals surface area (Å²) in [7, 11) is 0. The molecule has 2 aromatic carbocycles. The first kappa shape index (κ1) is 19.4. The summed E-state index contributed by atoms with van der Waals surface area (Å²) in [5, 5.41) is 5.66. The molecular weight excluding hydrogens is 367 g/mol. The number of nitrogens with one attached hydrogen (secondary N) is 2. The maximum atomic E-state index is 13.2. The third-order valence-corrected chi connectivity index (χ3v) is 5.19. The summed E-state index contributed by atoms with van der Waals surface area (Å²) in [5.41, 5.74) is 3.46. The van der Waals surface area contributed by atoms with Gasteiger partial charge in [0.1, 0.15) is 5.82 Å². The average molecular weight is 389 g/mol. The Morgan fingerprint density at radius 1 is 1.04 bits per heavy atom. The first-order valence-corrected chi connectivity index (χ1v) is 9.49. The SMILES string of the molecule is CCc1cccc(CC)c1NC(=O)C1CC1C(=O)Nc1ccc(F)c(Cl)c1. The van der Waals surface area contributed by atoms with Gasteiger partial charge in [0, 0.05) is 11.4 Å². The molecule has 0 saturated heterocycles. The van der Waals surface area contributed by atoms with Crippen molar-refractivity contribution in [2.75, 3.05) is 10.6 Å².